The van der Waals surface area contributed by atoms with Crippen molar-refractivity contribution in [1.82, 2.24) is 4.57 Å². The summed E-state index contributed by atoms with van der Waals surface area (Å²) < 4.78 is 2.35. The molecular weight excluding hydrogens is 178 g/mol. The van der Waals surface area contributed by atoms with Crippen molar-refractivity contribution in [2.45, 2.75) is 24.3 Å². The number of benzene rings is 1. The summed E-state index contributed by atoms with van der Waals surface area (Å²) in [4.78, 5) is 1.09. The average molecular weight is 189 g/mol. The monoisotopic (exact) mass is 189 g/mol. The van der Waals surface area contributed by atoms with Gasteiger partial charge in [-0.15, -0.1) is 12.6 Å². The van der Waals surface area contributed by atoms with E-state index >= 15 is 0 Å². The van der Waals surface area contributed by atoms with Gasteiger partial charge in [0, 0.05) is 23.0 Å². The topological polar surface area (TPSA) is 4.93 Å². The van der Waals surface area contributed by atoms with E-state index in [1.165, 1.54) is 35.9 Å². The maximum Gasteiger partial charge on any atom is 0.0513 e. The molecule has 2 heteroatoms. The van der Waals surface area contributed by atoms with Crippen LogP contribution in [0.15, 0.2) is 29.3 Å². The molecular formula is C11H11NS. The highest BCUT2D eigenvalue weighted by Crippen LogP contribution is 2.28. The molecule has 0 aliphatic carbocycles. The maximum atomic E-state index is 4.41. The van der Waals surface area contributed by atoms with E-state index in [1.54, 1.807) is 0 Å². The summed E-state index contributed by atoms with van der Waals surface area (Å²) in [6.45, 7) is 1.17. The highest BCUT2D eigenvalue weighted by atomic mass is 32.1. The summed E-state index contributed by atoms with van der Waals surface area (Å²) in [7, 11) is 0. The van der Waals surface area contributed by atoms with Crippen LogP contribution in [0, 0.1) is 0 Å². The highest BCUT2D eigenvalue weighted by Gasteiger charge is 2.11. The quantitative estimate of drug-likeness (QED) is 0.608. The fraction of sp³-hybridized carbons (Fsp3) is 0.273. The highest BCUT2D eigenvalue weighted by molar-refractivity contribution is 7.80. The Morgan fingerprint density at radius 2 is 2.23 bits per heavy atom. The van der Waals surface area contributed by atoms with Gasteiger partial charge in [-0.2, -0.15) is 0 Å². The predicted octanol–water partition coefficient (Wildman–Crippen LogP) is 2.88. The van der Waals surface area contributed by atoms with Gasteiger partial charge in [0.1, 0.15) is 0 Å². The van der Waals surface area contributed by atoms with Crippen LogP contribution in [0.2, 0.25) is 0 Å². The number of hydrogen-bond acceptors (Lipinski definition) is 1. The van der Waals surface area contributed by atoms with Crippen molar-refractivity contribution >= 4 is 23.5 Å². The molecule has 13 heavy (non-hydrogen) atoms. The first kappa shape index (κ1) is 7.51. The standard InChI is InChI=1S/C11H11NS/c13-10-6-8-2-1-4-12-5-3-9(7-10)11(8)12/h3,5-7,13H,1-2,4H2. The summed E-state index contributed by atoms with van der Waals surface area (Å²) in [5.41, 5.74) is 2.88. The van der Waals surface area contributed by atoms with Crippen LogP contribution in [0.5, 0.6) is 0 Å². The molecule has 1 nitrogen and oxygen atoms in total. The van der Waals surface area contributed by atoms with Gasteiger partial charge in [-0.3, -0.25) is 0 Å². The first-order chi connectivity index (χ1) is 6.34. The van der Waals surface area contributed by atoms with Gasteiger partial charge in [-0.05, 0) is 36.6 Å². The summed E-state index contributed by atoms with van der Waals surface area (Å²) in [6.07, 6.45) is 4.64. The number of nitrogens with zero attached hydrogens (tertiary/aromatic N) is 1. The average Bonchev–Trinajstić information content (AvgIpc) is 2.50. The molecule has 1 aliphatic heterocycles. The van der Waals surface area contributed by atoms with E-state index in [0.29, 0.717) is 0 Å². The molecule has 0 saturated carbocycles. The lowest BCUT2D eigenvalue weighted by Crippen LogP contribution is -2.06. The molecule has 66 valence electrons. The Bertz CT molecular complexity index is 470. The van der Waals surface area contributed by atoms with Gasteiger partial charge in [0.05, 0.1) is 5.52 Å². The molecule has 0 bridgehead atoms. The Hall–Kier alpha value is -0.890. The van der Waals surface area contributed by atoms with E-state index in [2.05, 4.69) is 41.6 Å². The molecule has 0 saturated heterocycles. The summed E-state index contributed by atoms with van der Waals surface area (Å²) >= 11 is 4.41. The minimum Gasteiger partial charge on any atom is -0.347 e. The third-order valence-electron chi connectivity index (χ3n) is 2.77. The van der Waals surface area contributed by atoms with Crippen molar-refractivity contribution in [2.24, 2.45) is 0 Å². The molecule has 0 atom stereocenters. The van der Waals surface area contributed by atoms with E-state index in [4.69, 9.17) is 0 Å². The van der Waals surface area contributed by atoms with E-state index in [0.717, 1.165) is 4.90 Å². The molecule has 3 rings (SSSR count). The third kappa shape index (κ3) is 1.02. The Kier molecular flexibility index (Phi) is 1.47. The van der Waals surface area contributed by atoms with Crippen molar-refractivity contribution in [1.29, 1.82) is 0 Å². The van der Waals surface area contributed by atoms with Crippen molar-refractivity contribution in [3.8, 4) is 0 Å². The number of thiol groups is 1. The number of rotatable bonds is 0. The Morgan fingerprint density at radius 3 is 3.15 bits per heavy atom. The Labute approximate surface area is 82.8 Å². The first-order valence-corrected chi connectivity index (χ1v) is 5.10. The summed E-state index contributed by atoms with van der Waals surface area (Å²) in [5.74, 6) is 0. The molecule has 0 amide bonds. The minimum atomic E-state index is 1.09. The van der Waals surface area contributed by atoms with Gasteiger partial charge in [-0.25, -0.2) is 0 Å². The number of hydrogen-bond donors (Lipinski definition) is 1. The van der Waals surface area contributed by atoms with Gasteiger partial charge in [0.2, 0.25) is 0 Å². The van der Waals surface area contributed by atoms with E-state index in [9.17, 15) is 0 Å². The minimum absolute atomic E-state index is 1.09. The Balaban J connectivity index is 2.47. The normalized spacial score (nSPS) is 15.2. The molecule has 2 heterocycles. The fourth-order valence-corrected chi connectivity index (χ4v) is 2.54. The van der Waals surface area contributed by atoms with Crippen LogP contribution in [0.25, 0.3) is 10.9 Å². The van der Waals surface area contributed by atoms with E-state index in [-0.39, 0.29) is 0 Å². The van der Waals surface area contributed by atoms with Crippen LogP contribution in [-0.4, -0.2) is 4.57 Å². The molecule has 1 aliphatic rings. The molecule has 0 spiro atoms. The van der Waals surface area contributed by atoms with Gasteiger partial charge in [-0.1, -0.05) is 0 Å². The lowest BCUT2D eigenvalue weighted by atomic mass is 10.0. The van der Waals surface area contributed by atoms with Crippen molar-refractivity contribution in [2.75, 3.05) is 0 Å². The molecule has 2 aromatic rings. The van der Waals surface area contributed by atoms with Crippen molar-refractivity contribution in [3.63, 3.8) is 0 Å². The van der Waals surface area contributed by atoms with Gasteiger partial charge < -0.3 is 4.57 Å². The second-order valence-electron chi connectivity index (χ2n) is 3.66. The van der Waals surface area contributed by atoms with Crippen LogP contribution >= 0.6 is 12.6 Å². The van der Waals surface area contributed by atoms with Gasteiger partial charge in [0.25, 0.3) is 0 Å². The molecule has 1 aromatic carbocycles. The zero-order valence-electron chi connectivity index (χ0n) is 7.33. The van der Waals surface area contributed by atoms with Crippen LogP contribution < -0.4 is 0 Å². The van der Waals surface area contributed by atoms with Gasteiger partial charge in [0.15, 0.2) is 0 Å². The zero-order valence-corrected chi connectivity index (χ0v) is 8.22. The van der Waals surface area contributed by atoms with Crippen LogP contribution in [0.3, 0.4) is 0 Å². The van der Waals surface area contributed by atoms with E-state index in [1.807, 2.05) is 0 Å². The first-order valence-electron chi connectivity index (χ1n) is 4.65. The van der Waals surface area contributed by atoms with Crippen LogP contribution in [0.4, 0.5) is 0 Å². The second-order valence-corrected chi connectivity index (χ2v) is 4.17. The van der Waals surface area contributed by atoms with Crippen molar-refractivity contribution < 1.29 is 0 Å². The zero-order chi connectivity index (χ0) is 8.84. The molecule has 0 unspecified atom stereocenters. The lowest BCUT2D eigenvalue weighted by Gasteiger charge is -2.15. The molecule has 1 aromatic heterocycles. The Morgan fingerprint density at radius 1 is 1.31 bits per heavy atom. The van der Waals surface area contributed by atoms with Crippen LogP contribution in [-0.2, 0) is 13.0 Å². The van der Waals surface area contributed by atoms with Gasteiger partial charge >= 0.3 is 0 Å². The number of aryl methyl sites for hydroxylation is 2. The second kappa shape index (κ2) is 2.55. The molecule has 0 fully saturated rings. The molecule has 0 N–H and O–H groups in total. The lowest BCUT2D eigenvalue weighted by molar-refractivity contribution is 0.635. The van der Waals surface area contributed by atoms with E-state index < -0.39 is 0 Å². The third-order valence-corrected chi connectivity index (χ3v) is 3.03. The number of aromatic nitrogens is 1. The maximum absolute atomic E-state index is 4.41. The smallest absolute Gasteiger partial charge is 0.0513 e. The largest absolute Gasteiger partial charge is 0.347 e. The molecule has 0 radical (unpaired) electrons. The SMILES string of the molecule is Sc1cc2c3c(ccn3CCC2)c1. The fourth-order valence-electron chi connectivity index (χ4n) is 2.24. The van der Waals surface area contributed by atoms with Crippen LogP contribution in [0.1, 0.15) is 12.0 Å². The summed E-state index contributed by atoms with van der Waals surface area (Å²) in [5, 5.41) is 1.34. The summed E-state index contributed by atoms with van der Waals surface area (Å²) in [6, 6.07) is 6.52. The van der Waals surface area contributed by atoms with Crippen molar-refractivity contribution in [3.05, 3.63) is 30.0 Å². The predicted molar refractivity (Wildman–Crippen MR) is 57.5 cm³/mol.